The van der Waals surface area contributed by atoms with Crippen molar-refractivity contribution >= 4 is 5.91 Å². The molecule has 4 nitrogen and oxygen atoms in total. The van der Waals surface area contributed by atoms with Crippen LogP contribution in [-0.2, 0) is 4.79 Å². The quantitative estimate of drug-likeness (QED) is 0.782. The molecule has 0 saturated carbocycles. The van der Waals surface area contributed by atoms with E-state index in [1.54, 1.807) is 0 Å². The van der Waals surface area contributed by atoms with Gasteiger partial charge in [0.25, 0.3) is 0 Å². The van der Waals surface area contributed by atoms with Gasteiger partial charge in [-0.05, 0) is 25.4 Å². The van der Waals surface area contributed by atoms with Crippen LogP contribution >= 0.6 is 0 Å². The Kier molecular flexibility index (Phi) is 4.95. The minimum absolute atomic E-state index is 0.00169. The first-order valence-corrected chi connectivity index (χ1v) is 6.52. The Morgan fingerprint density at radius 2 is 1.88 bits per heavy atom. The molecule has 0 aromatic heterocycles. The molecule has 0 aromatic rings. The number of hydrogen-bond donors (Lipinski definition) is 1. The minimum Gasteiger partial charge on any atom is -0.341 e. The van der Waals surface area contributed by atoms with Gasteiger partial charge in [-0.1, -0.05) is 20.8 Å². The largest absolute Gasteiger partial charge is 0.341 e. The van der Waals surface area contributed by atoms with Crippen LogP contribution in [0.1, 0.15) is 33.6 Å². The van der Waals surface area contributed by atoms with Crippen LogP contribution in [-0.4, -0.2) is 55.0 Å². The zero-order valence-corrected chi connectivity index (χ0v) is 11.7. The van der Waals surface area contributed by atoms with Crippen molar-refractivity contribution in [3.63, 3.8) is 0 Å². The van der Waals surface area contributed by atoms with Gasteiger partial charge >= 0.3 is 0 Å². The van der Waals surface area contributed by atoms with Crippen molar-refractivity contribution in [2.45, 2.75) is 39.7 Å². The maximum absolute atomic E-state index is 12.1. The lowest BCUT2D eigenvalue weighted by Gasteiger charge is -2.29. The molecule has 1 amide bonds. The van der Waals surface area contributed by atoms with Crippen LogP contribution in [0.2, 0.25) is 0 Å². The molecule has 17 heavy (non-hydrogen) atoms. The molecule has 1 atom stereocenters. The summed E-state index contributed by atoms with van der Waals surface area (Å²) in [6.07, 6.45) is 1.53. The molecule has 1 fully saturated rings. The molecule has 1 rings (SSSR count). The van der Waals surface area contributed by atoms with Gasteiger partial charge in [0.1, 0.15) is 0 Å². The van der Waals surface area contributed by atoms with E-state index in [0.29, 0.717) is 6.42 Å². The van der Waals surface area contributed by atoms with Gasteiger partial charge in [-0.2, -0.15) is 0 Å². The number of amides is 1. The lowest BCUT2D eigenvalue weighted by molar-refractivity contribution is -0.132. The number of carbonyl (C=O) groups is 1. The van der Waals surface area contributed by atoms with Gasteiger partial charge < -0.3 is 15.5 Å². The molecule has 0 aromatic carbocycles. The molecule has 0 spiro atoms. The Balaban J connectivity index is 2.47. The van der Waals surface area contributed by atoms with Crippen molar-refractivity contribution in [3.8, 4) is 0 Å². The van der Waals surface area contributed by atoms with E-state index in [9.17, 15) is 4.79 Å². The lowest BCUT2D eigenvalue weighted by atomic mass is 9.85. The second kappa shape index (κ2) is 5.83. The summed E-state index contributed by atoms with van der Waals surface area (Å²) in [4.78, 5) is 16.4. The third kappa shape index (κ3) is 4.64. The molecule has 100 valence electrons. The fraction of sp³-hybridized carbons (Fsp3) is 0.923. The van der Waals surface area contributed by atoms with Gasteiger partial charge in [-0.25, -0.2) is 0 Å². The molecular weight excluding hydrogens is 214 g/mol. The Bertz CT molecular complexity index is 260. The molecule has 2 N–H and O–H groups in total. The zero-order valence-electron chi connectivity index (χ0n) is 11.7. The molecule has 1 heterocycles. The SMILES string of the molecule is CN1CCCN(C(=O)CC(N)C(C)(C)C)CC1. The summed E-state index contributed by atoms with van der Waals surface area (Å²) in [6.45, 7) is 10.0. The molecular formula is C13H27N3O. The van der Waals surface area contributed by atoms with E-state index in [2.05, 4.69) is 32.7 Å². The van der Waals surface area contributed by atoms with Gasteiger partial charge in [0, 0.05) is 32.1 Å². The standard InChI is InChI=1S/C13H27N3O/c1-13(2,3)11(14)10-12(17)16-7-5-6-15(4)8-9-16/h11H,5-10,14H2,1-4H3. The highest BCUT2D eigenvalue weighted by atomic mass is 16.2. The molecule has 0 aliphatic carbocycles. The van der Waals surface area contributed by atoms with Gasteiger partial charge in [0.2, 0.25) is 5.91 Å². The molecule has 1 saturated heterocycles. The van der Waals surface area contributed by atoms with Crippen LogP contribution in [0.4, 0.5) is 0 Å². The van der Waals surface area contributed by atoms with Crippen LogP contribution in [0.3, 0.4) is 0 Å². The van der Waals surface area contributed by atoms with E-state index < -0.39 is 0 Å². The maximum atomic E-state index is 12.1. The second-order valence-electron chi connectivity index (χ2n) is 6.21. The maximum Gasteiger partial charge on any atom is 0.224 e. The van der Waals surface area contributed by atoms with Gasteiger partial charge in [0.15, 0.2) is 0 Å². The highest BCUT2D eigenvalue weighted by Gasteiger charge is 2.26. The number of nitrogens with zero attached hydrogens (tertiary/aromatic N) is 2. The smallest absolute Gasteiger partial charge is 0.224 e. The van der Waals surface area contributed by atoms with E-state index in [-0.39, 0.29) is 17.4 Å². The number of carbonyl (C=O) groups excluding carboxylic acids is 1. The lowest BCUT2D eigenvalue weighted by Crippen LogP contribution is -2.42. The summed E-state index contributed by atoms with van der Waals surface area (Å²) in [7, 11) is 2.11. The Morgan fingerprint density at radius 3 is 2.47 bits per heavy atom. The summed E-state index contributed by atoms with van der Waals surface area (Å²) in [5, 5.41) is 0. The van der Waals surface area contributed by atoms with Crippen molar-refractivity contribution in [2.24, 2.45) is 11.1 Å². The monoisotopic (exact) mass is 241 g/mol. The number of nitrogens with two attached hydrogens (primary N) is 1. The van der Waals surface area contributed by atoms with E-state index in [1.165, 1.54) is 0 Å². The number of likely N-dealkylation sites (N-methyl/N-ethyl adjacent to an activating group) is 1. The van der Waals surface area contributed by atoms with Gasteiger partial charge in [0.05, 0.1) is 0 Å². The average molecular weight is 241 g/mol. The van der Waals surface area contributed by atoms with Crippen molar-refractivity contribution in [1.82, 2.24) is 9.80 Å². The topological polar surface area (TPSA) is 49.6 Å². The summed E-state index contributed by atoms with van der Waals surface area (Å²) in [5.41, 5.74) is 6.07. The van der Waals surface area contributed by atoms with Gasteiger partial charge in [-0.3, -0.25) is 4.79 Å². The van der Waals surface area contributed by atoms with Gasteiger partial charge in [-0.15, -0.1) is 0 Å². The Morgan fingerprint density at radius 1 is 1.24 bits per heavy atom. The van der Waals surface area contributed by atoms with Crippen LogP contribution in [0.15, 0.2) is 0 Å². The average Bonchev–Trinajstić information content (AvgIpc) is 2.41. The zero-order chi connectivity index (χ0) is 13.1. The number of hydrogen-bond acceptors (Lipinski definition) is 3. The van der Waals surface area contributed by atoms with Crippen molar-refractivity contribution in [3.05, 3.63) is 0 Å². The van der Waals surface area contributed by atoms with Crippen molar-refractivity contribution in [2.75, 3.05) is 33.2 Å². The predicted octanol–water partition coefficient (Wildman–Crippen LogP) is 0.914. The van der Waals surface area contributed by atoms with Crippen LogP contribution < -0.4 is 5.73 Å². The highest BCUT2D eigenvalue weighted by Crippen LogP contribution is 2.20. The molecule has 0 radical (unpaired) electrons. The van der Waals surface area contributed by atoms with Crippen molar-refractivity contribution in [1.29, 1.82) is 0 Å². The first-order chi connectivity index (χ1) is 7.80. The van der Waals surface area contributed by atoms with E-state index in [1.807, 2.05) is 4.90 Å². The van der Waals surface area contributed by atoms with E-state index in [0.717, 1.165) is 32.6 Å². The Hall–Kier alpha value is -0.610. The molecule has 1 aliphatic heterocycles. The van der Waals surface area contributed by atoms with Crippen LogP contribution in [0, 0.1) is 5.41 Å². The van der Waals surface area contributed by atoms with Crippen LogP contribution in [0.5, 0.6) is 0 Å². The Labute approximate surface area is 105 Å². The minimum atomic E-state index is -0.0593. The summed E-state index contributed by atoms with van der Waals surface area (Å²) < 4.78 is 0. The predicted molar refractivity (Wildman–Crippen MR) is 70.7 cm³/mol. The van der Waals surface area contributed by atoms with E-state index >= 15 is 0 Å². The first-order valence-electron chi connectivity index (χ1n) is 6.52. The molecule has 1 aliphatic rings. The van der Waals surface area contributed by atoms with E-state index in [4.69, 9.17) is 5.73 Å². The fourth-order valence-corrected chi connectivity index (χ4v) is 1.92. The fourth-order valence-electron chi connectivity index (χ4n) is 1.92. The molecule has 4 heteroatoms. The number of rotatable bonds is 2. The first kappa shape index (κ1) is 14.5. The molecule has 0 bridgehead atoms. The normalized spacial score (nSPS) is 21.1. The second-order valence-corrected chi connectivity index (χ2v) is 6.21. The van der Waals surface area contributed by atoms with Crippen molar-refractivity contribution < 1.29 is 4.79 Å². The summed E-state index contributed by atoms with van der Waals surface area (Å²) in [6, 6.07) is -0.0593. The third-order valence-electron chi connectivity index (χ3n) is 3.58. The summed E-state index contributed by atoms with van der Waals surface area (Å²) >= 11 is 0. The molecule has 1 unspecified atom stereocenters. The third-order valence-corrected chi connectivity index (χ3v) is 3.58. The summed E-state index contributed by atoms with van der Waals surface area (Å²) in [5.74, 6) is 0.211. The highest BCUT2D eigenvalue weighted by molar-refractivity contribution is 5.77. The van der Waals surface area contributed by atoms with Crippen LogP contribution in [0.25, 0.3) is 0 Å².